The lowest BCUT2D eigenvalue weighted by molar-refractivity contribution is 0.102. The number of hydrogen-bond donors (Lipinski definition) is 1. The van der Waals surface area contributed by atoms with Gasteiger partial charge in [0.05, 0.1) is 0 Å². The summed E-state index contributed by atoms with van der Waals surface area (Å²) in [4.78, 5) is 16.1. The van der Waals surface area contributed by atoms with Crippen molar-refractivity contribution < 1.29 is 4.79 Å². The van der Waals surface area contributed by atoms with E-state index in [-0.39, 0.29) is 5.91 Å². The molecule has 0 radical (unpaired) electrons. The Bertz CT molecular complexity index is 598. The van der Waals surface area contributed by atoms with Crippen LogP contribution in [0.3, 0.4) is 0 Å². The maximum Gasteiger partial charge on any atom is 0.274 e. The number of rotatable bonds is 3. The summed E-state index contributed by atoms with van der Waals surface area (Å²) in [6, 6.07) is 11.2. The summed E-state index contributed by atoms with van der Waals surface area (Å²) >= 11 is 0. The third-order valence-electron chi connectivity index (χ3n) is 2.80. The Hall–Kier alpha value is -2.42. The number of aromatic nitrogens is 1. The summed E-state index contributed by atoms with van der Waals surface area (Å²) in [5.41, 5.74) is 4.18. The number of pyridine rings is 1. The van der Waals surface area contributed by atoms with Gasteiger partial charge in [0.25, 0.3) is 5.91 Å². The monoisotopic (exact) mass is 252 g/mol. The minimum atomic E-state index is -0.211. The maximum absolute atomic E-state index is 12.0. The molecule has 1 aromatic carbocycles. The second kappa shape index (κ2) is 5.48. The highest BCUT2D eigenvalue weighted by molar-refractivity contribution is 6.02. The Morgan fingerprint density at radius 2 is 1.84 bits per heavy atom. The number of nitrogens with zero attached hydrogens (tertiary/aromatic N) is 1. The second-order valence-corrected chi connectivity index (χ2v) is 4.53. The third kappa shape index (κ3) is 3.28. The molecule has 96 valence electrons. The van der Waals surface area contributed by atoms with Gasteiger partial charge in [-0.25, -0.2) is 0 Å². The first-order valence-corrected chi connectivity index (χ1v) is 6.06. The molecule has 1 amide bonds. The number of carbonyl (C=O) groups excluding carboxylic acids is 1. The fraction of sp³-hybridized carbons (Fsp3) is 0.125. The minimum absolute atomic E-state index is 0.211. The highest BCUT2D eigenvalue weighted by Gasteiger charge is 2.07. The fourth-order valence-corrected chi connectivity index (χ4v) is 1.61. The fourth-order valence-electron chi connectivity index (χ4n) is 1.61. The van der Waals surface area contributed by atoms with Gasteiger partial charge in [-0.1, -0.05) is 30.3 Å². The Morgan fingerprint density at radius 3 is 2.37 bits per heavy atom. The SMILES string of the molecule is C=C(C)c1ccc(C(=O)Nc2ccc(C)cc2)nc1. The summed E-state index contributed by atoms with van der Waals surface area (Å²) in [5.74, 6) is -0.211. The third-order valence-corrected chi connectivity index (χ3v) is 2.80. The number of nitrogens with one attached hydrogen (secondary N) is 1. The van der Waals surface area contributed by atoms with Gasteiger partial charge in [-0.15, -0.1) is 0 Å². The number of hydrogen-bond acceptors (Lipinski definition) is 2. The van der Waals surface area contributed by atoms with E-state index >= 15 is 0 Å². The maximum atomic E-state index is 12.0. The Kier molecular flexibility index (Phi) is 3.76. The van der Waals surface area contributed by atoms with Crippen LogP contribution in [0.1, 0.15) is 28.5 Å². The number of carbonyl (C=O) groups is 1. The first-order valence-electron chi connectivity index (χ1n) is 6.06. The summed E-state index contributed by atoms with van der Waals surface area (Å²) in [7, 11) is 0. The molecule has 0 saturated heterocycles. The van der Waals surface area contributed by atoms with Crippen molar-refractivity contribution in [3.8, 4) is 0 Å². The first-order chi connectivity index (χ1) is 9.06. The molecule has 0 fully saturated rings. The van der Waals surface area contributed by atoms with E-state index in [9.17, 15) is 4.79 Å². The molecule has 19 heavy (non-hydrogen) atoms. The van der Waals surface area contributed by atoms with Gasteiger partial charge >= 0.3 is 0 Å². The Labute approximate surface area is 113 Å². The van der Waals surface area contributed by atoms with Gasteiger partial charge in [-0.2, -0.15) is 0 Å². The van der Waals surface area contributed by atoms with Gasteiger partial charge in [0, 0.05) is 11.9 Å². The second-order valence-electron chi connectivity index (χ2n) is 4.53. The highest BCUT2D eigenvalue weighted by Crippen LogP contribution is 2.12. The van der Waals surface area contributed by atoms with Crippen LogP contribution in [0.5, 0.6) is 0 Å². The summed E-state index contributed by atoms with van der Waals surface area (Å²) < 4.78 is 0. The van der Waals surface area contributed by atoms with Gasteiger partial charge in [0.2, 0.25) is 0 Å². The molecule has 0 bridgehead atoms. The lowest BCUT2D eigenvalue weighted by atomic mass is 10.1. The lowest BCUT2D eigenvalue weighted by Gasteiger charge is -2.06. The van der Waals surface area contributed by atoms with Crippen LogP contribution in [0.25, 0.3) is 5.57 Å². The molecular weight excluding hydrogens is 236 g/mol. The topological polar surface area (TPSA) is 42.0 Å². The van der Waals surface area contributed by atoms with Crippen molar-refractivity contribution in [2.45, 2.75) is 13.8 Å². The number of allylic oxidation sites excluding steroid dienone is 1. The van der Waals surface area contributed by atoms with Crippen molar-refractivity contribution >= 4 is 17.2 Å². The summed E-state index contributed by atoms with van der Waals surface area (Å²) in [6.45, 7) is 7.74. The Balaban J connectivity index is 2.11. The van der Waals surface area contributed by atoms with E-state index in [1.54, 1.807) is 12.3 Å². The number of aryl methyl sites for hydroxylation is 1. The molecule has 2 rings (SSSR count). The van der Waals surface area contributed by atoms with Crippen LogP contribution in [-0.4, -0.2) is 10.9 Å². The van der Waals surface area contributed by atoms with Gasteiger partial charge in [-0.05, 0) is 43.2 Å². The molecule has 0 aliphatic carbocycles. The van der Waals surface area contributed by atoms with Crippen LogP contribution in [-0.2, 0) is 0 Å². The van der Waals surface area contributed by atoms with Crippen molar-refractivity contribution in [2.75, 3.05) is 5.32 Å². The number of amides is 1. The molecular formula is C16H16N2O. The molecule has 3 heteroatoms. The molecule has 1 aromatic heterocycles. The summed E-state index contributed by atoms with van der Waals surface area (Å²) in [5, 5.41) is 2.81. The summed E-state index contributed by atoms with van der Waals surface area (Å²) in [6.07, 6.45) is 1.66. The smallest absolute Gasteiger partial charge is 0.274 e. The van der Waals surface area contributed by atoms with Gasteiger partial charge in [0.15, 0.2) is 0 Å². The Morgan fingerprint density at radius 1 is 1.16 bits per heavy atom. The lowest BCUT2D eigenvalue weighted by Crippen LogP contribution is -2.13. The van der Waals surface area contributed by atoms with Crippen molar-refractivity contribution in [1.82, 2.24) is 4.98 Å². The molecule has 0 aliphatic heterocycles. The van der Waals surface area contributed by atoms with E-state index in [0.29, 0.717) is 5.69 Å². The first kappa shape index (κ1) is 13.0. The van der Waals surface area contributed by atoms with E-state index < -0.39 is 0 Å². The zero-order valence-electron chi connectivity index (χ0n) is 11.1. The van der Waals surface area contributed by atoms with Crippen molar-refractivity contribution in [3.63, 3.8) is 0 Å². The number of benzene rings is 1. The van der Waals surface area contributed by atoms with E-state index in [1.807, 2.05) is 44.2 Å². The molecule has 3 nitrogen and oxygen atoms in total. The molecule has 2 aromatic rings. The van der Waals surface area contributed by atoms with Gasteiger partial charge < -0.3 is 5.32 Å². The zero-order valence-corrected chi connectivity index (χ0v) is 11.1. The van der Waals surface area contributed by atoms with E-state index in [4.69, 9.17) is 0 Å². The van der Waals surface area contributed by atoms with Crippen LogP contribution in [0.15, 0.2) is 49.2 Å². The molecule has 0 atom stereocenters. The molecule has 0 spiro atoms. The number of anilines is 1. The van der Waals surface area contributed by atoms with Crippen LogP contribution < -0.4 is 5.32 Å². The van der Waals surface area contributed by atoms with Crippen LogP contribution in [0, 0.1) is 6.92 Å². The molecule has 0 saturated carbocycles. The van der Waals surface area contributed by atoms with E-state index in [0.717, 1.165) is 22.4 Å². The van der Waals surface area contributed by atoms with E-state index in [1.165, 1.54) is 0 Å². The van der Waals surface area contributed by atoms with Crippen molar-refractivity contribution in [3.05, 3.63) is 66.0 Å². The minimum Gasteiger partial charge on any atom is -0.321 e. The van der Waals surface area contributed by atoms with E-state index in [2.05, 4.69) is 16.9 Å². The quantitative estimate of drug-likeness (QED) is 0.905. The molecule has 1 N–H and O–H groups in total. The van der Waals surface area contributed by atoms with Crippen LogP contribution >= 0.6 is 0 Å². The standard InChI is InChI=1S/C16H16N2O/c1-11(2)13-6-9-15(17-10-13)16(19)18-14-7-4-12(3)5-8-14/h4-10H,1H2,2-3H3,(H,18,19). The predicted octanol–water partition coefficient (Wildman–Crippen LogP) is 3.68. The molecule has 1 heterocycles. The van der Waals surface area contributed by atoms with Crippen LogP contribution in [0.2, 0.25) is 0 Å². The van der Waals surface area contributed by atoms with Gasteiger partial charge in [0.1, 0.15) is 5.69 Å². The highest BCUT2D eigenvalue weighted by atomic mass is 16.1. The molecule has 0 aliphatic rings. The van der Waals surface area contributed by atoms with Gasteiger partial charge in [-0.3, -0.25) is 9.78 Å². The largest absolute Gasteiger partial charge is 0.321 e. The average Bonchev–Trinajstić information content (AvgIpc) is 2.41. The van der Waals surface area contributed by atoms with Crippen LogP contribution in [0.4, 0.5) is 5.69 Å². The molecule has 0 unspecified atom stereocenters. The van der Waals surface area contributed by atoms with Crippen molar-refractivity contribution in [1.29, 1.82) is 0 Å². The average molecular weight is 252 g/mol. The van der Waals surface area contributed by atoms with Crippen molar-refractivity contribution in [2.24, 2.45) is 0 Å². The predicted molar refractivity (Wildman–Crippen MR) is 78.1 cm³/mol. The zero-order chi connectivity index (χ0) is 13.8. The normalized spacial score (nSPS) is 10.0.